The SMILES string of the molecule is C#Cc1c(F)ccc2cc(O)cc(-c3ncc4c(N5CC6CCC(C5)N6)nc(OCC56CCC(COC=O)N5CC(=C)C6)nc4c3F)c12.CN1CCC(CCOc2cccc(C=O)c2C(=O)N(C)C2CCC(=O)NC2=O)CC1. The van der Waals surface area contributed by atoms with Gasteiger partial charge in [-0.1, -0.05) is 36.3 Å². The van der Waals surface area contributed by atoms with Gasteiger partial charge in [0.15, 0.2) is 12.1 Å². The van der Waals surface area contributed by atoms with E-state index in [0.717, 1.165) is 63.6 Å². The summed E-state index contributed by atoms with van der Waals surface area (Å²) in [7, 11) is 3.63. The number of piperazine rings is 1. The highest BCUT2D eigenvalue weighted by Crippen LogP contribution is 2.45. The Balaban J connectivity index is 0.000000198. The van der Waals surface area contributed by atoms with Crippen molar-refractivity contribution >= 4 is 58.0 Å². The summed E-state index contributed by atoms with van der Waals surface area (Å²) >= 11 is 0. The molecule has 5 atom stereocenters. The number of nitrogens with one attached hydrogen (secondary N) is 2. The molecule has 3 amide bonds. The molecular formula is C58H63F2N9O9. The van der Waals surface area contributed by atoms with Crippen molar-refractivity contribution in [2.45, 2.75) is 93.9 Å². The number of aromatic hydroxyl groups is 1. The molecule has 3 aromatic carbocycles. The van der Waals surface area contributed by atoms with Gasteiger partial charge in [0.1, 0.15) is 53.6 Å². The number of terminal acetylenes is 1. The number of piperidine rings is 2. The first kappa shape index (κ1) is 53.8. The van der Waals surface area contributed by atoms with E-state index in [0.29, 0.717) is 73.7 Å². The maximum Gasteiger partial charge on any atom is 0.319 e. The van der Waals surface area contributed by atoms with Gasteiger partial charge in [0.05, 0.1) is 28.7 Å². The van der Waals surface area contributed by atoms with Gasteiger partial charge in [0.2, 0.25) is 11.8 Å². The van der Waals surface area contributed by atoms with Crippen LogP contribution in [0.5, 0.6) is 17.5 Å². The minimum Gasteiger partial charge on any atom is -0.508 e. The van der Waals surface area contributed by atoms with Crippen LogP contribution in [0, 0.1) is 29.9 Å². The maximum absolute atomic E-state index is 16.9. The van der Waals surface area contributed by atoms with Gasteiger partial charge in [0, 0.05) is 73.9 Å². The van der Waals surface area contributed by atoms with Crippen molar-refractivity contribution in [1.82, 2.24) is 40.3 Å². The van der Waals surface area contributed by atoms with Gasteiger partial charge in [-0.05, 0) is 113 Å². The van der Waals surface area contributed by atoms with Crippen LogP contribution in [0.25, 0.3) is 32.9 Å². The quantitative estimate of drug-likeness (QED) is 0.0479. The summed E-state index contributed by atoms with van der Waals surface area (Å²) < 4.78 is 49.2. The number of halogens is 2. The number of imide groups is 1. The molecule has 6 saturated heterocycles. The van der Waals surface area contributed by atoms with Crippen molar-refractivity contribution in [3.8, 4) is 41.1 Å². The second-order valence-corrected chi connectivity index (χ2v) is 21.5. The van der Waals surface area contributed by atoms with E-state index in [9.17, 15) is 33.5 Å². The second kappa shape index (κ2) is 22.8. The van der Waals surface area contributed by atoms with E-state index >= 15 is 4.39 Å². The number of likely N-dealkylation sites (tertiary alicyclic amines) is 1. The summed E-state index contributed by atoms with van der Waals surface area (Å²) in [5.74, 6) is 0.964. The van der Waals surface area contributed by atoms with E-state index in [1.807, 2.05) is 0 Å². The van der Waals surface area contributed by atoms with Crippen LogP contribution in [0.1, 0.15) is 90.5 Å². The van der Waals surface area contributed by atoms with E-state index in [1.165, 1.54) is 42.4 Å². The molecule has 6 aliphatic heterocycles. The molecule has 6 fully saturated rings. The summed E-state index contributed by atoms with van der Waals surface area (Å²) in [5, 5.41) is 17.6. The molecule has 5 aromatic rings. The first-order valence-corrected chi connectivity index (χ1v) is 26.6. The minimum absolute atomic E-state index is 0.00472. The molecule has 2 aromatic heterocycles. The fourth-order valence-electron chi connectivity index (χ4n) is 12.4. The largest absolute Gasteiger partial charge is 0.508 e. The Morgan fingerprint density at radius 1 is 1.04 bits per heavy atom. The van der Waals surface area contributed by atoms with Crippen LogP contribution in [0.4, 0.5) is 14.6 Å². The number of benzene rings is 3. The van der Waals surface area contributed by atoms with E-state index < -0.39 is 29.5 Å². The Morgan fingerprint density at radius 3 is 2.55 bits per heavy atom. The Labute approximate surface area is 450 Å². The number of likely N-dealkylation sites (N-methyl/N-ethyl adjacent to an activating group) is 1. The Kier molecular flexibility index (Phi) is 15.7. The Bertz CT molecular complexity index is 3220. The number of phenolic OH excluding ortho intramolecular Hbond substituents is 1. The molecule has 18 nitrogen and oxygen atoms in total. The third-order valence-electron chi connectivity index (χ3n) is 16.4. The highest BCUT2D eigenvalue weighted by Gasteiger charge is 2.51. The predicted octanol–water partition coefficient (Wildman–Crippen LogP) is 5.95. The number of hydrogen-bond acceptors (Lipinski definition) is 16. The van der Waals surface area contributed by atoms with Gasteiger partial charge in [0.25, 0.3) is 12.4 Å². The summed E-state index contributed by atoms with van der Waals surface area (Å²) in [6, 6.07) is 10.3. The highest BCUT2D eigenvalue weighted by molar-refractivity contribution is 6.07. The van der Waals surface area contributed by atoms with Crippen molar-refractivity contribution in [2.75, 3.05) is 71.5 Å². The van der Waals surface area contributed by atoms with Crippen LogP contribution in [-0.4, -0.2) is 162 Å². The lowest BCUT2D eigenvalue weighted by Crippen LogP contribution is -2.53. The molecular weight excluding hydrogens is 1000 g/mol. The third kappa shape index (κ3) is 10.8. The van der Waals surface area contributed by atoms with E-state index in [2.05, 4.69) is 54.8 Å². The molecule has 2 bridgehead atoms. The number of pyridine rings is 1. The third-order valence-corrected chi connectivity index (χ3v) is 16.4. The number of phenols is 1. The number of hydrogen-bond donors (Lipinski definition) is 3. The van der Waals surface area contributed by atoms with E-state index in [-0.39, 0.29) is 106 Å². The topological polar surface area (TPSA) is 209 Å². The van der Waals surface area contributed by atoms with Gasteiger partial charge < -0.3 is 39.3 Å². The lowest BCUT2D eigenvalue weighted by Gasteiger charge is -2.35. The van der Waals surface area contributed by atoms with Crippen molar-refractivity contribution in [2.24, 2.45) is 5.92 Å². The summed E-state index contributed by atoms with van der Waals surface area (Å²) in [6.45, 7) is 9.86. The molecule has 20 heteroatoms. The van der Waals surface area contributed by atoms with Crippen LogP contribution in [0.15, 0.2) is 60.8 Å². The van der Waals surface area contributed by atoms with Gasteiger partial charge in [-0.2, -0.15) is 9.97 Å². The van der Waals surface area contributed by atoms with Crippen LogP contribution >= 0.6 is 0 Å². The monoisotopic (exact) mass is 1070 g/mol. The molecule has 11 rings (SSSR count). The van der Waals surface area contributed by atoms with Crippen LogP contribution in [0.3, 0.4) is 0 Å². The number of rotatable bonds is 15. The number of ether oxygens (including phenoxy) is 3. The maximum atomic E-state index is 16.9. The normalized spacial score (nSPS) is 23.3. The lowest BCUT2D eigenvalue weighted by atomic mass is 9.94. The lowest BCUT2D eigenvalue weighted by molar-refractivity contribution is -0.136. The average molecular weight is 1070 g/mol. The molecule has 0 radical (unpaired) electrons. The first-order chi connectivity index (χ1) is 37.7. The zero-order valence-electron chi connectivity index (χ0n) is 43.8. The molecule has 5 unspecified atom stereocenters. The van der Waals surface area contributed by atoms with E-state index in [1.54, 1.807) is 18.2 Å². The summed E-state index contributed by atoms with van der Waals surface area (Å²) in [4.78, 5) is 81.2. The smallest absolute Gasteiger partial charge is 0.319 e. The van der Waals surface area contributed by atoms with E-state index in [4.69, 9.17) is 25.6 Å². The number of aromatic nitrogens is 3. The zero-order chi connectivity index (χ0) is 54.8. The fourth-order valence-corrected chi connectivity index (χ4v) is 12.4. The zero-order valence-corrected chi connectivity index (χ0v) is 43.8. The number of nitrogens with zero attached hydrogens (tertiary/aromatic N) is 7. The average Bonchev–Trinajstić information content (AvgIpc) is 4.18. The summed E-state index contributed by atoms with van der Waals surface area (Å²) in [6.07, 6.45) is 15.8. The molecule has 408 valence electrons. The molecule has 0 aliphatic carbocycles. The first-order valence-electron chi connectivity index (χ1n) is 26.6. The van der Waals surface area contributed by atoms with Crippen molar-refractivity contribution in [3.05, 3.63) is 89.1 Å². The van der Waals surface area contributed by atoms with Crippen molar-refractivity contribution < 1.29 is 52.1 Å². The molecule has 8 heterocycles. The summed E-state index contributed by atoms with van der Waals surface area (Å²) in [5.41, 5.74) is 1.02. The highest BCUT2D eigenvalue weighted by atomic mass is 19.1. The second-order valence-electron chi connectivity index (χ2n) is 21.5. The predicted molar refractivity (Wildman–Crippen MR) is 286 cm³/mol. The van der Waals surface area contributed by atoms with Crippen LogP contribution in [-0.2, 0) is 19.1 Å². The van der Waals surface area contributed by atoms with Gasteiger partial charge in [-0.25, -0.2) is 8.78 Å². The van der Waals surface area contributed by atoms with Crippen molar-refractivity contribution in [3.63, 3.8) is 0 Å². The fraction of sp³-hybridized carbons (Fsp3) is 0.448. The number of fused-ring (bicyclic) bond motifs is 5. The van der Waals surface area contributed by atoms with Crippen LogP contribution < -0.4 is 25.0 Å². The van der Waals surface area contributed by atoms with Gasteiger partial charge >= 0.3 is 6.01 Å². The minimum atomic E-state index is -0.765. The standard InChI is InChI=1S/C36H34F2N6O4.C22H29N3O5/c1-3-26-29(37)7-4-21-10-25(46)11-27(30(21)26)32-31(38)33-28(13-39-32)34(43-15-22-5-6-23(16-43)40-22)42-35(41-33)48-18-36-9-8-24(17-47-19-45)44(36)14-20(2)12-36;1-24-11-8-15(9-12-24)10-13-30-18-5-3-4-16(14-26)20(18)22(29)25(2)17-6-7-19(27)23-21(17)28/h1,4,7,10-11,13,19,22-24,40,46H,2,5-6,8-9,12,14-18H2;3-5,14-15,17H,6-13H2,1-2H3,(H,23,27,28). The Morgan fingerprint density at radius 2 is 1.82 bits per heavy atom. The molecule has 6 aliphatic rings. The number of anilines is 1. The molecule has 0 saturated carbocycles. The molecule has 78 heavy (non-hydrogen) atoms. The van der Waals surface area contributed by atoms with Gasteiger partial charge in [-0.15, -0.1) is 6.42 Å². The Hall–Kier alpha value is -7.60. The van der Waals surface area contributed by atoms with Crippen molar-refractivity contribution in [1.29, 1.82) is 0 Å². The van der Waals surface area contributed by atoms with Crippen LogP contribution in [0.2, 0.25) is 0 Å². The van der Waals surface area contributed by atoms with Gasteiger partial charge in [-0.3, -0.25) is 39.2 Å². The molecule has 3 N–H and O–H groups in total. The number of carbonyl (C=O) groups is 5. The molecule has 0 spiro atoms. The number of carbonyl (C=O) groups excluding carboxylic acids is 5. The number of amides is 3. The number of aldehydes is 1.